The summed E-state index contributed by atoms with van der Waals surface area (Å²) in [7, 11) is 3.22. The number of ether oxygens (including phenoxy) is 2. The molecule has 3 rings (SSSR count). The third-order valence-electron chi connectivity index (χ3n) is 4.00. The molecule has 10 heteroatoms. The van der Waals surface area contributed by atoms with Crippen LogP contribution in [-0.4, -0.2) is 53.4 Å². The minimum absolute atomic E-state index is 0.0802. The van der Waals surface area contributed by atoms with Crippen LogP contribution in [0.15, 0.2) is 27.8 Å². The number of nitrogens with zero attached hydrogens (tertiary/aromatic N) is 3. The first-order chi connectivity index (χ1) is 12.5. The summed E-state index contributed by atoms with van der Waals surface area (Å²) in [6, 6.07) is 5.52. The van der Waals surface area contributed by atoms with Crippen molar-refractivity contribution < 1.29 is 14.3 Å². The fourth-order valence-electron chi connectivity index (χ4n) is 2.66. The number of methoxy groups -OCH3 is 2. The molecule has 1 aromatic carbocycles. The third-order valence-corrected chi connectivity index (χ3v) is 5.83. The van der Waals surface area contributed by atoms with Crippen LogP contribution in [0, 0.1) is 6.92 Å². The highest BCUT2D eigenvalue weighted by Crippen LogP contribution is 2.38. The zero-order valence-electron chi connectivity index (χ0n) is 14.7. The van der Waals surface area contributed by atoms with E-state index in [0.717, 1.165) is 21.6 Å². The van der Waals surface area contributed by atoms with Crippen LogP contribution in [0.4, 0.5) is 0 Å². The number of fused-ring (bicyclic) bond motifs is 1. The van der Waals surface area contributed by atoms with Crippen molar-refractivity contribution >= 4 is 33.6 Å². The van der Waals surface area contributed by atoms with Crippen molar-refractivity contribution in [1.82, 2.24) is 20.2 Å². The summed E-state index contributed by atoms with van der Waals surface area (Å²) in [5.41, 5.74) is 4.32. The van der Waals surface area contributed by atoms with Gasteiger partial charge in [0.25, 0.3) is 0 Å². The lowest BCUT2D eigenvalue weighted by molar-refractivity contribution is -0.121. The van der Waals surface area contributed by atoms with E-state index in [1.807, 2.05) is 29.8 Å². The molecule has 0 unspecified atom stereocenters. The molecule has 0 radical (unpaired) electrons. The van der Waals surface area contributed by atoms with E-state index in [9.17, 15) is 4.79 Å². The molecule has 1 amide bonds. The Morgan fingerprint density at radius 3 is 2.92 bits per heavy atom. The van der Waals surface area contributed by atoms with Gasteiger partial charge in [-0.2, -0.15) is 0 Å². The Labute approximate surface area is 164 Å². The average molecular weight is 442 g/mol. The monoisotopic (exact) mass is 441 g/mol. The van der Waals surface area contributed by atoms with Crippen LogP contribution in [0.3, 0.4) is 0 Å². The van der Waals surface area contributed by atoms with Crippen LogP contribution in [-0.2, 0) is 9.53 Å². The van der Waals surface area contributed by atoms with Gasteiger partial charge in [-0.25, -0.2) is 4.68 Å². The predicted molar refractivity (Wildman–Crippen MR) is 102 cm³/mol. The number of amides is 1. The molecule has 0 aliphatic carbocycles. The Bertz CT molecular complexity index is 800. The van der Waals surface area contributed by atoms with Gasteiger partial charge in [-0.1, -0.05) is 17.8 Å². The highest BCUT2D eigenvalue weighted by atomic mass is 79.9. The molecule has 1 aliphatic heterocycles. The summed E-state index contributed by atoms with van der Waals surface area (Å²) in [6.07, 6.45) is 0. The van der Waals surface area contributed by atoms with E-state index in [4.69, 9.17) is 9.47 Å². The SMILES string of the molecule is COCCNC(=O)[C@H]1Sc2nnc(C)n2N[C@@H]1c1ccc(OC)c(Br)c1. The first-order valence-corrected chi connectivity index (χ1v) is 9.67. The van der Waals surface area contributed by atoms with Gasteiger partial charge in [0.05, 0.1) is 24.2 Å². The molecule has 140 valence electrons. The van der Waals surface area contributed by atoms with Crippen LogP contribution in [0.25, 0.3) is 0 Å². The summed E-state index contributed by atoms with van der Waals surface area (Å²) in [4.78, 5) is 12.8. The zero-order chi connectivity index (χ0) is 18.7. The standard InChI is InChI=1S/C16H20BrN5O3S/c1-9-19-20-16-22(9)21-13(10-4-5-12(25-3)11(17)8-10)14(26-16)15(23)18-6-7-24-2/h4-5,8,13-14,21H,6-7H2,1-3H3,(H,18,23)/t13-,14+/m1/s1. The largest absolute Gasteiger partial charge is 0.496 e. The lowest BCUT2D eigenvalue weighted by Gasteiger charge is -2.33. The number of aromatic nitrogens is 3. The predicted octanol–water partition coefficient (Wildman–Crippen LogP) is 1.88. The van der Waals surface area contributed by atoms with Crippen molar-refractivity contribution in [2.45, 2.75) is 23.4 Å². The van der Waals surface area contributed by atoms with Crippen LogP contribution in [0.1, 0.15) is 17.4 Å². The van der Waals surface area contributed by atoms with Crippen molar-refractivity contribution in [3.63, 3.8) is 0 Å². The summed E-state index contributed by atoms with van der Waals surface area (Å²) in [5, 5.41) is 11.4. The Hall–Kier alpha value is -1.78. The summed E-state index contributed by atoms with van der Waals surface area (Å²) in [5.74, 6) is 1.39. The average Bonchev–Trinajstić information content (AvgIpc) is 3.01. The molecule has 2 aromatic rings. The summed E-state index contributed by atoms with van der Waals surface area (Å²) < 4.78 is 12.9. The molecule has 26 heavy (non-hydrogen) atoms. The Balaban J connectivity index is 1.91. The van der Waals surface area contributed by atoms with Crippen LogP contribution in [0.2, 0.25) is 0 Å². The topological polar surface area (TPSA) is 90.3 Å². The number of nitrogens with one attached hydrogen (secondary N) is 2. The van der Waals surface area contributed by atoms with Crippen LogP contribution >= 0.6 is 27.7 Å². The molecule has 0 spiro atoms. The van der Waals surface area contributed by atoms with Gasteiger partial charge in [0.1, 0.15) is 16.8 Å². The fraction of sp³-hybridized carbons (Fsp3) is 0.438. The number of aryl methyl sites for hydroxylation is 1. The minimum atomic E-state index is -0.400. The number of thioether (sulfide) groups is 1. The van der Waals surface area contributed by atoms with Gasteiger partial charge in [-0.3, -0.25) is 4.79 Å². The molecule has 2 heterocycles. The van der Waals surface area contributed by atoms with Crippen molar-refractivity contribution in [3.05, 3.63) is 34.1 Å². The number of halogens is 1. The smallest absolute Gasteiger partial charge is 0.236 e. The molecule has 0 fully saturated rings. The molecule has 0 saturated carbocycles. The molecule has 0 saturated heterocycles. The van der Waals surface area contributed by atoms with Gasteiger partial charge < -0.3 is 20.2 Å². The van der Waals surface area contributed by atoms with E-state index in [-0.39, 0.29) is 11.9 Å². The number of rotatable bonds is 6. The molecular formula is C16H20BrN5O3S. The number of carbonyl (C=O) groups is 1. The molecule has 2 atom stereocenters. The normalized spacial score (nSPS) is 18.8. The second-order valence-electron chi connectivity index (χ2n) is 5.69. The van der Waals surface area contributed by atoms with E-state index in [1.54, 1.807) is 14.2 Å². The van der Waals surface area contributed by atoms with Crippen molar-refractivity contribution in [2.75, 3.05) is 32.8 Å². The zero-order valence-corrected chi connectivity index (χ0v) is 17.1. The quantitative estimate of drug-likeness (QED) is 0.661. The van der Waals surface area contributed by atoms with Gasteiger partial charge in [0.2, 0.25) is 11.1 Å². The van der Waals surface area contributed by atoms with Crippen LogP contribution < -0.4 is 15.5 Å². The second kappa shape index (κ2) is 8.28. The number of benzene rings is 1. The highest BCUT2D eigenvalue weighted by molar-refractivity contribution is 9.10. The van der Waals surface area contributed by atoms with Gasteiger partial charge in [0.15, 0.2) is 0 Å². The number of hydrogen-bond acceptors (Lipinski definition) is 7. The first kappa shape index (κ1) is 19.0. The summed E-state index contributed by atoms with van der Waals surface area (Å²) >= 11 is 4.90. The van der Waals surface area contributed by atoms with Gasteiger partial charge in [-0.05, 0) is 40.5 Å². The molecular weight excluding hydrogens is 422 g/mol. The maximum Gasteiger partial charge on any atom is 0.236 e. The lowest BCUT2D eigenvalue weighted by atomic mass is 10.0. The lowest BCUT2D eigenvalue weighted by Crippen LogP contribution is -2.44. The molecule has 1 aromatic heterocycles. The van der Waals surface area contributed by atoms with Crippen molar-refractivity contribution in [1.29, 1.82) is 0 Å². The Morgan fingerprint density at radius 1 is 1.42 bits per heavy atom. The van der Waals surface area contributed by atoms with E-state index in [2.05, 4.69) is 36.9 Å². The van der Waals surface area contributed by atoms with E-state index < -0.39 is 5.25 Å². The second-order valence-corrected chi connectivity index (χ2v) is 7.65. The van der Waals surface area contributed by atoms with Crippen LogP contribution in [0.5, 0.6) is 5.75 Å². The fourth-order valence-corrected chi connectivity index (χ4v) is 4.37. The number of hydrogen-bond donors (Lipinski definition) is 2. The molecule has 0 bridgehead atoms. The van der Waals surface area contributed by atoms with E-state index >= 15 is 0 Å². The van der Waals surface area contributed by atoms with E-state index in [1.165, 1.54) is 11.8 Å². The number of carbonyl (C=O) groups excluding carboxylic acids is 1. The van der Waals surface area contributed by atoms with Gasteiger partial charge >= 0.3 is 0 Å². The third kappa shape index (κ3) is 3.81. The summed E-state index contributed by atoms with van der Waals surface area (Å²) in [6.45, 7) is 2.78. The maximum atomic E-state index is 12.8. The van der Waals surface area contributed by atoms with Gasteiger partial charge in [-0.15, -0.1) is 10.2 Å². The Morgan fingerprint density at radius 2 is 2.23 bits per heavy atom. The van der Waals surface area contributed by atoms with Gasteiger partial charge in [0, 0.05) is 13.7 Å². The molecule has 8 nitrogen and oxygen atoms in total. The molecule has 2 N–H and O–H groups in total. The van der Waals surface area contributed by atoms with Crippen molar-refractivity contribution in [3.8, 4) is 5.75 Å². The highest BCUT2D eigenvalue weighted by Gasteiger charge is 2.37. The maximum absolute atomic E-state index is 12.8. The Kier molecular flexibility index (Phi) is 6.05. The molecule has 1 aliphatic rings. The minimum Gasteiger partial charge on any atom is -0.496 e. The van der Waals surface area contributed by atoms with E-state index in [0.29, 0.717) is 18.3 Å². The van der Waals surface area contributed by atoms with Crippen molar-refractivity contribution in [2.24, 2.45) is 0 Å². The first-order valence-electron chi connectivity index (χ1n) is 8.00.